The Kier molecular flexibility index (Phi) is 4.17. The van der Waals surface area contributed by atoms with Crippen LogP contribution >= 0.6 is 0 Å². The van der Waals surface area contributed by atoms with E-state index in [1.807, 2.05) is 0 Å². The van der Waals surface area contributed by atoms with Crippen molar-refractivity contribution >= 4 is 11.7 Å². The maximum absolute atomic E-state index is 11.0. The highest BCUT2D eigenvalue weighted by atomic mass is 16.6. The fourth-order valence-corrected chi connectivity index (χ4v) is 1.51. The monoisotopic (exact) mass is 238 g/mol. The largest absolute Gasteiger partial charge is 0.480 e. The molecule has 0 aliphatic heterocycles. The van der Waals surface area contributed by atoms with Crippen LogP contribution in [0.4, 0.5) is 5.69 Å². The van der Waals surface area contributed by atoms with Crippen molar-refractivity contribution in [3.63, 3.8) is 0 Å². The second kappa shape index (κ2) is 5.40. The van der Waals surface area contributed by atoms with E-state index in [0.717, 1.165) is 0 Å². The van der Waals surface area contributed by atoms with E-state index in [4.69, 9.17) is 5.11 Å². The molecule has 92 valence electrons. The molecule has 0 heterocycles. The highest BCUT2D eigenvalue weighted by molar-refractivity contribution is 5.73. The van der Waals surface area contributed by atoms with Crippen LogP contribution in [0.1, 0.15) is 5.56 Å². The van der Waals surface area contributed by atoms with Gasteiger partial charge >= 0.3 is 5.97 Å². The summed E-state index contributed by atoms with van der Waals surface area (Å²) in [7, 11) is 3.33. The zero-order valence-corrected chi connectivity index (χ0v) is 9.66. The first kappa shape index (κ1) is 13.1. The summed E-state index contributed by atoms with van der Waals surface area (Å²) in [6.45, 7) is 0. The molecular formula is C11H14N2O4. The first-order valence-corrected chi connectivity index (χ1v) is 5.04. The van der Waals surface area contributed by atoms with Gasteiger partial charge in [0.1, 0.15) is 6.04 Å². The number of carboxylic acid groups (broad SMARTS) is 1. The predicted octanol–water partition coefficient (Wildman–Crippen LogP) is 1.15. The minimum absolute atomic E-state index is 0.0228. The Morgan fingerprint density at radius 3 is 2.65 bits per heavy atom. The first-order chi connectivity index (χ1) is 7.91. The van der Waals surface area contributed by atoms with E-state index in [0.29, 0.717) is 5.56 Å². The van der Waals surface area contributed by atoms with Crippen molar-refractivity contribution in [2.45, 2.75) is 12.5 Å². The van der Waals surface area contributed by atoms with Crippen LogP contribution in [-0.4, -0.2) is 41.0 Å². The van der Waals surface area contributed by atoms with Crippen molar-refractivity contribution in [1.82, 2.24) is 4.90 Å². The van der Waals surface area contributed by atoms with Gasteiger partial charge in [-0.2, -0.15) is 0 Å². The zero-order valence-electron chi connectivity index (χ0n) is 9.66. The summed E-state index contributed by atoms with van der Waals surface area (Å²) in [4.78, 5) is 22.7. The molecule has 1 aromatic carbocycles. The van der Waals surface area contributed by atoms with Crippen LogP contribution < -0.4 is 0 Å². The SMILES string of the molecule is CN(C)C(Cc1cccc([N+](=O)[O-])c1)C(=O)O. The van der Waals surface area contributed by atoms with E-state index < -0.39 is 16.9 Å². The van der Waals surface area contributed by atoms with Crippen molar-refractivity contribution in [3.05, 3.63) is 39.9 Å². The van der Waals surface area contributed by atoms with Crippen LogP contribution in [0, 0.1) is 10.1 Å². The Balaban J connectivity index is 2.90. The number of likely N-dealkylation sites (N-methyl/N-ethyl adjacent to an activating group) is 1. The Bertz CT molecular complexity index is 431. The fraction of sp³-hybridized carbons (Fsp3) is 0.364. The minimum Gasteiger partial charge on any atom is -0.480 e. The maximum atomic E-state index is 11.0. The van der Waals surface area contributed by atoms with Crippen molar-refractivity contribution < 1.29 is 14.8 Å². The highest BCUT2D eigenvalue weighted by Crippen LogP contribution is 2.15. The molecule has 0 bridgehead atoms. The van der Waals surface area contributed by atoms with Gasteiger partial charge in [-0.25, -0.2) is 0 Å². The number of aliphatic carboxylic acids is 1. The van der Waals surface area contributed by atoms with Crippen LogP contribution in [0.25, 0.3) is 0 Å². The molecule has 6 heteroatoms. The van der Waals surface area contributed by atoms with Gasteiger partial charge in [0.2, 0.25) is 0 Å². The number of non-ortho nitro benzene ring substituents is 1. The molecule has 0 fully saturated rings. The summed E-state index contributed by atoms with van der Waals surface area (Å²) in [6, 6.07) is 5.35. The maximum Gasteiger partial charge on any atom is 0.321 e. The molecule has 1 rings (SSSR count). The molecule has 17 heavy (non-hydrogen) atoms. The average molecular weight is 238 g/mol. The number of nitrogens with zero attached hydrogens (tertiary/aromatic N) is 2. The van der Waals surface area contributed by atoms with E-state index in [9.17, 15) is 14.9 Å². The Labute approximate surface area is 98.6 Å². The molecule has 1 aromatic rings. The summed E-state index contributed by atoms with van der Waals surface area (Å²) in [5.74, 6) is -0.943. The Morgan fingerprint density at radius 1 is 1.53 bits per heavy atom. The van der Waals surface area contributed by atoms with Crippen molar-refractivity contribution in [2.24, 2.45) is 0 Å². The molecule has 0 radical (unpaired) electrons. The molecule has 0 saturated carbocycles. The van der Waals surface area contributed by atoms with Crippen molar-refractivity contribution in [2.75, 3.05) is 14.1 Å². The summed E-state index contributed by atoms with van der Waals surface area (Å²) in [6.07, 6.45) is 0.240. The molecule has 0 amide bonds. The number of benzene rings is 1. The molecule has 0 aliphatic rings. The van der Waals surface area contributed by atoms with Gasteiger partial charge in [-0.3, -0.25) is 19.8 Å². The van der Waals surface area contributed by atoms with Gasteiger partial charge in [0.25, 0.3) is 5.69 Å². The summed E-state index contributed by atoms with van der Waals surface area (Å²) < 4.78 is 0. The third-order valence-electron chi connectivity index (χ3n) is 2.46. The molecule has 0 spiro atoms. The summed E-state index contributed by atoms with van der Waals surface area (Å²) in [5.41, 5.74) is 0.616. The third kappa shape index (κ3) is 3.53. The van der Waals surface area contributed by atoms with E-state index in [1.54, 1.807) is 31.1 Å². The van der Waals surface area contributed by atoms with Gasteiger partial charge in [-0.15, -0.1) is 0 Å². The highest BCUT2D eigenvalue weighted by Gasteiger charge is 2.20. The molecule has 1 atom stereocenters. The van der Waals surface area contributed by atoms with Crippen LogP contribution in [0.3, 0.4) is 0 Å². The van der Waals surface area contributed by atoms with Gasteiger partial charge in [0.15, 0.2) is 0 Å². The van der Waals surface area contributed by atoms with Crippen LogP contribution in [0.15, 0.2) is 24.3 Å². The number of carbonyl (C=O) groups is 1. The molecular weight excluding hydrogens is 224 g/mol. The lowest BCUT2D eigenvalue weighted by atomic mass is 10.0. The summed E-state index contributed by atoms with van der Waals surface area (Å²) in [5, 5.41) is 19.6. The number of hydrogen-bond donors (Lipinski definition) is 1. The lowest BCUT2D eigenvalue weighted by Gasteiger charge is -2.19. The average Bonchev–Trinajstić information content (AvgIpc) is 2.25. The van der Waals surface area contributed by atoms with E-state index in [-0.39, 0.29) is 12.1 Å². The zero-order chi connectivity index (χ0) is 13.0. The number of rotatable bonds is 5. The van der Waals surface area contributed by atoms with E-state index in [2.05, 4.69) is 0 Å². The number of carboxylic acids is 1. The van der Waals surface area contributed by atoms with Gasteiger partial charge in [-0.05, 0) is 26.1 Å². The Hall–Kier alpha value is -1.95. The fourth-order valence-electron chi connectivity index (χ4n) is 1.51. The van der Waals surface area contributed by atoms with Gasteiger partial charge in [0, 0.05) is 12.1 Å². The molecule has 1 N–H and O–H groups in total. The van der Waals surface area contributed by atoms with Crippen molar-refractivity contribution in [3.8, 4) is 0 Å². The number of nitro groups is 1. The molecule has 0 aromatic heterocycles. The van der Waals surface area contributed by atoms with Crippen LogP contribution in [0.5, 0.6) is 0 Å². The number of hydrogen-bond acceptors (Lipinski definition) is 4. The van der Waals surface area contributed by atoms with Gasteiger partial charge in [0.05, 0.1) is 4.92 Å². The van der Waals surface area contributed by atoms with E-state index >= 15 is 0 Å². The van der Waals surface area contributed by atoms with E-state index in [1.165, 1.54) is 12.1 Å². The predicted molar refractivity (Wildman–Crippen MR) is 61.9 cm³/mol. The van der Waals surface area contributed by atoms with Crippen LogP contribution in [0.2, 0.25) is 0 Å². The quantitative estimate of drug-likeness (QED) is 0.614. The Morgan fingerprint density at radius 2 is 2.18 bits per heavy atom. The standard InChI is InChI=1S/C11H14N2O4/c1-12(2)10(11(14)15)7-8-4-3-5-9(6-8)13(16)17/h3-6,10H,7H2,1-2H3,(H,14,15). The summed E-state index contributed by atoms with van der Waals surface area (Å²) >= 11 is 0. The lowest BCUT2D eigenvalue weighted by Crippen LogP contribution is -2.37. The third-order valence-corrected chi connectivity index (χ3v) is 2.46. The molecule has 6 nitrogen and oxygen atoms in total. The molecule has 0 aliphatic carbocycles. The first-order valence-electron chi connectivity index (χ1n) is 5.04. The number of nitro benzene ring substituents is 1. The van der Waals surface area contributed by atoms with Crippen molar-refractivity contribution in [1.29, 1.82) is 0 Å². The van der Waals surface area contributed by atoms with Gasteiger partial charge < -0.3 is 5.11 Å². The second-order valence-electron chi connectivity index (χ2n) is 3.95. The van der Waals surface area contributed by atoms with Crippen LogP contribution in [-0.2, 0) is 11.2 Å². The normalized spacial score (nSPS) is 12.4. The van der Waals surface area contributed by atoms with Gasteiger partial charge in [-0.1, -0.05) is 12.1 Å². The molecule has 1 unspecified atom stereocenters. The molecule has 0 saturated heterocycles. The minimum atomic E-state index is -0.943. The smallest absolute Gasteiger partial charge is 0.321 e. The lowest BCUT2D eigenvalue weighted by molar-refractivity contribution is -0.384. The second-order valence-corrected chi connectivity index (χ2v) is 3.95. The topological polar surface area (TPSA) is 83.7 Å².